The molecule has 1 atom stereocenters. The second-order valence-corrected chi connectivity index (χ2v) is 4.46. The summed E-state index contributed by atoms with van der Waals surface area (Å²) in [6.07, 6.45) is 0. The first-order chi connectivity index (χ1) is 8.08. The minimum absolute atomic E-state index is 0.0393. The molecule has 0 spiro atoms. The number of amidine groups is 1. The highest BCUT2D eigenvalue weighted by molar-refractivity contribution is 6.31. The lowest BCUT2D eigenvalue weighted by Crippen LogP contribution is -2.27. The SMILES string of the molecule is COc1cc(Cl)c(C)c2c1NC(CN)=NC2C. The van der Waals surface area contributed by atoms with Gasteiger partial charge in [-0.1, -0.05) is 11.6 Å². The van der Waals surface area contributed by atoms with Crippen molar-refractivity contribution in [1.82, 2.24) is 0 Å². The van der Waals surface area contributed by atoms with E-state index in [0.717, 1.165) is 28.4 Å². The van der Waals surface area contributed by atoms with Gasteiger partial charge in [-0.25, -0.2) is 0 Å². The number of ether oxygens (including phenoxy) is 1. The summed E-state index contributed by atoms with van der Waals surface area (Å²) in [7, 11) is 1.63. The molecule has 1 heterocycles. The third kappa shape index (κ3) is 1.98. The normalized spacial score (nSPS) is 18.2. The van der Waals surface area contributed by atoms with Crippen molar-refractivity contribution in [2.24, 2.45) is 10.7 Å². The average Bonchev–Trinajstić information content (AvgIpc) is 2.32. The number of anilines is 1. The number of methoxy groups -OCH3 is 1. The van der Waals surface area contributed by atoms with E-state index in [4.69, 9.17) is 22.1 Å². The highest BCUT2D eigenvalue weighted by atomic mass is 35.5. The molecule has 1 aliphatic rings. The van der Waals surface area contributed by atoms with Crippen LogP contribution in [0.2, 0.25) is 5.02 Å². The van der Waals surface area contributed by atoms with Crippen molar-refractivity contribution < 1.29 is 4.74 Å². The van der Waals surface area contributed by atoms with Gasteiger partial charge in [-0.05, 0) is 19.4 Å². The van der Waals surface area contributed by atoms with Gasteiger partial charge in [0.1, 0.15) is 11.6 Å². The quantitative estimate of drug-likeness (QED) is 0.851. The maximum atomic E-state index is 6.18. The molecule has 0 saturated heterocycles. The van der Waals surface area contributed by atoms with Gasteiger partial charge in [-0.15, -0.1) is 0 Å². The van der Waals surface area contributed by atoms with E-state index >= 15 is 0 Å². The first-order valence-electron chi connectivity index (χ1n) is 5.49. The highest BCUT2D eigenvalue weighted by Crippen LogP contribution is 2.42. The second-order valence-electron chi connectivity index (χ2n) is 4.06. The molecule has 1 aromatic carbocycles. The van der Waals surface area contributed by atoms with Crippen LogP contribution in [-0.4, -0.2) is 19.5 Å². The van der Waals surface area contributed by atoms with Crippen molar-refractivity contribution in [1.29, 1.82) is 0 Å². The summed E-state index contributed by atoms with van der Waals surface area (Å²) in [6.45, 7) is 4.40. The van der Waals surface area contributed by atoms with Gasteiger partial charge in [0.25, 0.3) is 0 Å². The molecular formula is C12H16ClN3O. The predicted octanol–water partition coefficient (Wildman–Crippen LogP) is 2.50. The number of fused-ring (bicyclic) bond motifs is 1. The number of nitrogens with two attached hydrogens (primary N) is 1. The Morgan fingerprint density at radius 1 is 1.59 bits per heavy atom. The van der Waals surface area contributed by atoms with E-state index in [1.165, 1.54) is 0 Å². The molecule has 1 unspecified atom stereocenters. The van der Waals surface area contributed by atoms with E-state index < -0.39 is 0 Å². The smallest absolute Gasteiger partial charge is 0.144 e. The monoisotopic (exact) mass is 253 g/mol. The zero-order valence-electron chi connectivity index (χ0n) is 10.2. The van der Waals surface area contributed by atoms with Crippen LogP contribution in [-0.2, 0) is 0 Å². The van der Waals surface area contributed by atoms with Gasteiger partial charge in [0.2, 0.25) is 0 Å². The fourth-order valence-corrected chi connectivity index (χ4v) is 2.34. The highest BCUT2D eigenvalue weighted by Gasteiger charge is 2.24. The summed E-state index contributed by atoms with van der Waals surface area (Å²) in [4.78, 5) is 4.49. The van der Waals surface area contributed by atoms with Gasteiger partial charge < -0.3 is 15.8 Å². The first kappa shape index (κ1) is 12.2. The molecule has 5 heteroatoms. The molecule has 0 aromatic heterocycles. The molecule has 0 saturated carbocycles. The van der Waals surface area contributed by atoms with Crippen LogP contribution in [0.5, 0.6) is 5.75 Å². The molecule has 1 aromatic rings. The Kier molecular flexibility index (Phi) is 3.26. The first-order valence-corrected chi connectivity index (χ1v) is 5.87. The van der Waals surface area contributed by atoms with Crippen LogP contribution < -0.4 is 15.8 Å². The van der Waals surface area contributed by atoms with Gasteiger partial charge in [-0.3, -0.25) is 4.99 Å². The molecule has 0 fully saturated rings. The number of aliphatic imine (C=N–C) groups is 1. The van der Waals surface area contributed by atoms with Gasteiger partial charge in [0.05, 0.1) is 25.4 Å². The molecule has 0 bridgehead atoms. The topological polar surface area (TPSA) is 59.6 Å². The van der Waals surface area contributed by atoms with Gasteiger partial charge >= 0.3 is 0 Å². The fourth-order valence-electron chi connectivity index (χ4n) is 2.14. The van der Waals surface area contributed by atoms with Crippen molar-refractivity contribution >= 4 is 23.1 Å². The van der Waals surface area contributed by atoms with Gasteiger partial charge in [0, 0.05) is 16.7 Å². The molecule has 4 nitrogen and oxygen atoms in total. The predicted molar refractivity (Wildman–Crippen MR) is 71.3 cm³/mol. The van der Waals surface area contributed by atoms with Crippen LogP contribution in [0, 0.1) is 6.92 Å². The van der Waals surface area contributed by atoms with Crippen LogP contribution in [0.3, 0.4) is 0 Å². The Labute approximate surface area is 106 Å². The Hall–Kier alpha value is -1.26. The lowest BCUT2D eigenvalue weighted by atomic mass is 9.98. The standard InChI is InChI=1S/C12H16ClN3O/c1-6-8(13)4-9(17-3)12-11(6)7(2)15-10(5-14)16-12/h4,7H,5,14H2,1-3H3,(H,15,16). The summed E-state index contributed by atoms with van der Waals surface area (Å²) in [6, 6.07) is 1.85. The Bertz CT molecular complexity index is 485. The number of hydrogen-bond acceptors (Lipinski definition) is 4. The maximum absolute atomic E-state index is 6.18. The minimum Gasteiger partial charge on any atom is -0.495 e. The maximum Gasteiger partial charge on any atom is 0.144 e. The summed E-state index contributed by atoms with van der Waals surface area (Å²) in [5.41, 5.74) is 8.66. The Morgan fingerprint density at radius 3 is 2.88 bits per heavy atom. The Balaban J connectivity index is 2.62. The van der Waals surface area contributed by atoms with Crippen LogP contribution in [0.1, 0.15) is 24.1 Å². The number of hydrogen-bond donors (Lipinski definition) is 2. The van der Waals surface area contributed by atoms with E-state index in [1.807, 2.05) is 19.9 Å². The van der Waals surface area contributed by atoms with Crippen molar-refractivity contribution in [2.45, 2.75) is 19.9 Å². The van der Waals surface area contributed by atoms with Crippen LogP contribution in [0.25, 0.3) is 0 Å². The van der Waals surface area contributed by atoms with Crippen molar-refractivity contribution in [2.75, 3.05) is 19.0 Å². The second kappa shape index (κ2) is 4.55. The van der Waals surface area contributed by atoms with Crippen LogP contribution >= 0.6 is 11.6 Å². The lowest BCUT2D eigenvalue weighted by Gasteiger charge is -2.26. The number of nitrogens with zero attached hydrogens (tertiary/aromatic N) is 1. The molecule has 3 N–H and O–H groups in total. The third-order valence-electron chi connectivity index (χ3n) is 2.99. The van der Waals surface area contributed by atoms with E-state index in [0.29, 0.717) is 11.6 Å². The molecule has 1 aliphatic heterocycles. The molecule has 0 aliphatic carbocycles. The summed E-state index contributed by atoms with van der Waals surface area (Å²) < 4.78 is 5.35. The third-order valence-corrected chi connectivity index (χ3v) is 3.38. The zero-order valence-corrected chi connectivity index (χ0v) is 10.9. The van der Waals surface area contributed by atoms with Crippen molar-refractivity contribution in [3.63, 3.8) is 0 Å². The fraction of sp³-hybridized carbons (Fsp3) is 0.417. The number of nitrogens with one attached hydrogen (secondary N) is 1. The van der Waals surface area contributed by atoms with E-state index in [1.54, 1.807) is 7.11 Å². The van der Waals surface area contributed by atoms with E-state index in [9.17, 15) is 0 Å². The molecule has 92 valence electrons. The molecule has 0 amide bonds. The molecule has 0 radical (unpaired) electrons. The van der Waals surface area contributed by atoms with Crippen molar-refractivity contribution in [3.05, 3.63) is 22.2 Å². The number of rotatable bonds is 2. The van der Waals surface area contributed by atoms with Gasteiger partial charge in [-0.2, -0.15) is 0 Å². The zero-order chi connectivity index (χ0) is 12.6. The summed E-state index contributed by atoms with van der Waals surface area (Å²) >= 11 is 6.18. The summed E-state index contributed by atoms with van der Waals surface area (Å²) in [5, 5.41) is 3.90. The Morgan fingerprint density at radius 2 is 2.29 bits per heavy atom. The van der Waals surface area contributed by atoms with Crippen molar-refractivity contribution in [3.8, 4) is 5.75 Å². The average molecular weight is 254 g/mol. The summed E-state index contributed by atoms with van der Waals surface area (Å²) in [5.74, 6) is 1.49. The van der Waals surface area contributed by atoms with E-state index in [2.05, 4.69) is 10.3 Å². The molecule has 17 heavy (non-hydrogen) atoms. The minimum atomic E-state index is 0.0393. The van der Waals surface area contributed by atoms with Crippen LogP contribution in [0.15, 0.2) is 11.1 Å². The number of halogens is 1. The number of benzene rings is 1. The lowest BCUT2D eigenvalue weighted by molar-refractivity contribution is 0.416. The van der Waals surface area contributed by atoms with Gasteiger partial charge in [0.15, 0.2) is 0 Å². The van der Waals surface area contributed by atoms with E-state index in [-0.39, 0.29) is 6.04 Å². The molecule has 2 rings (SSSR count). The van der Waals surface area contributed by atoms with Crippen LogP contribution in [0.4, 0.5) is 5.69 Å². The molecular weight excluding hydrogens is 238 g/mol. The largest absolute Gasteiger partial charge is 0.495 e.